The summed E-state index contributed by atoms with van der Waals surface area (Å²) >= 11 is 0. The Morgan fingerprint density at radius 1 is 1.12 bits per heavy atom. The SMILES string of the molecule is COC(=O)CCN(C(=O)/C=C/c1n[nH]c2ccccc12)c1ccccc1. The molecule has 2 aromatic carbocycles. The smallest absolute Gasteiger partial charge is 0.307 e. The number of nitrogens with zero attached hydrogens (tertiary/aromatic N) is 2. The Labute approximate surface area is 151 Å². The number of rotatable bonds is 6. The molecule has 1 aromatic heterocycles. The Kier molecular flexibility index (Phi) is 5.43. The number of ether oxygens (including phenoxy) is 1. The van der Waals surface area contributed by atoms with Crippen LogP contribution in [-0.2, 0) is 14.3 Å². The molecule has 0 saturated heterocycles. The number of methoxy groups -OCH3 is 1. The van der Waals surface area contributed by atoms with Crippen LogP contribution >= 0.6 is 0 Å². The summed E-state index contributed by atoms with van der Waals surface area (Å²) in [6.45, 7) is 0.237. The lowest BCUT2D eigenvalue weighted by Gasteiger charge is -2.20. The summed E-state index contributed by atoms with van der Waals surface area (Å²) in [5, 5.41) is 8.11. The van der Waals surface area contributed by atoms with Gasteiger partial charge in [-0.25, -0.2) is 0 Å². The number of anilines is 1. The van der Waals surface area contributed by atoms with Crippen molar-refractivity contribution in [2.24, 2.45) is 0 Å². The first-order valence-corrected chi connectivity index (χ1v) is 8.23. The van der Waals surface area contributed by atoms with Crippen LogP contribution in [0.3, 0.4) is 0 Å². The summed E-state index contributed by atoms with van der Waals surface area (Å²) in [4.78, 5) is 25.7. The summed E-state index contributed by atoms with van der Waals surface area (Å²) < 4.78 is 4.67. The topological polar surface area (TPSA) is 75.3 Å². The van der Waals surface area contributed by atoms with Crippen LogP contribution in [0, 0.1) is 0 Å². The van der Waals surface area contributed by atoms with Gasteiger partial charge >= 0.3 is 5.97 Å². The van der Waals surface area contributed by atoms with E-state index >= 15 is 0 Å². The summed E-state index contributed by atoms with van der Waals surface area (Å²) in [7, 11) is 1.33. The minimum absolute atomic E-state index is 0.121. The molecular weight excluding hydrogens is 330 g/mol. The molecule has 0 aliphatic carbocycles. The summed E-state index contributed by atoms with van der Waals surface area (Å²) in [6.07, 6.45) is 3.26. The fraction of sp³-hybridized carbons (Fsp3) is 0.150. The molecule has 6 nitrogen and oxygen atoms in total. The molecule has 0 unspecified atom stereocenters. The van der Waals surface area contributed by atoms with Crippen molar-refractivity contribution in [3.63, 3.8) is 0 Å². The van der Waals surface area contributed by atoms with E-state index in [2.05, 4.69) is 14.9 Å². The number of H-pyrrole nitrogens is 1. The van der Waals surface area contributed by atoms with Crippen molar-refractivity contribution in [3.05, 3.63) is 66.4 Å². The van der Waals surface area contributed by atoms with E-state index in [1.165, 1.54) is 13.2 Å². The number of hydrogen-bond donors (Lipinski definition) is 1. The first-order chi connectivity index (χ1) is 12.7. The largest absolute Gasteiger partial charge is 0.469 e. The normalized spacial score (nSPS) is 11.0. The minimum atomic E-state index is -0.360. The molecule has 3 aromatic rings. The van der Waals surface area contributed by atoms with Gasteiger partial charge in [0.15, 0.2) is 0 Å². The van der Waals surface area contributed by atoms with Gasteiger partial charge in [0.2, 0.25) is 0 Å². The van der Waals surface area contributed by atoms with Crippen molar-refractivity contribution < 1.29 is 14.3 Å². The molecule has 0 aliphatic heterocycles. The molecule has 132 valence electrons. The maximum Gasteiger partial charge on any atom is 0.307 e. The first kappa shape index (κ1) is 17.4. The van der Waals surface area contributed by atoms with Crippen LogP contribution in [0.4, 0.5) is 5.69 Å². The highest BCUT2D eigenvalue weighted by Gasteiger charge is 2.15. The molecule has 1 N–H and O–H groups in total. The van der Waals surface area contributed by atoms with Gasteiger partial charge in [0.1, 0.15) is 0 Å². The molecule has 1 heterocycles. The highest BCUT2D eigenvalue weighted by Crippen LogP contribution is 2.18. The van der Waals surface area contributed by atoms with E-state index in [4.69, 9.17) is 0 Å². The number of hydrogen-bond acceptors (Lipinski definition) is 4. The quantitative estimate of drug-likeness (QED) is 0.548. The number of para-hydroxylation sites is 2. The highest BCUT2D eigenvalue weighted by atomic mass is 16.5. The number of esters is 1. The standard InChI is InChI=1S/C20H19N3O3/c1-26-20(25)13-14-23(15-7-3-2-4-8-15)19(24)12-11-18-16-9-5-6-10-17(16)21-22-18/h2-12H,13-14H2,1H3,(H,21,22)/b12-11+. The van der Waals surface area contributed by atoms with Gasteiger partial charge in [-0.3, -0.25) is 14.7 Å². The lowest BCUT2D eigenvalue weighted by Crippen LogP contribution is -2.31. The molecule has 0 fully saturated rings. The summed E-state index contributed by atoms with van der Waals surface area (Å²) in [5.74, 6) is -0.590. The van der Waals surface area contributed by atoms with Gasteiger partial charge in [-0.15, -0.1) is 0 Å². The third-order valence-corrected chi connectivity index (χ3v) is 3.98. The Hall–Kier alpha value is -3.41. The zero-order valence-corrected chi connectivity index (χ0v) is 14.4. The number of fused-ring (bicyclic) bond motifs is 1. The minimum Gasteiger partial charge on any atom is -0.469 e. The zero-order valence-electron chi connectivity index (χ0n) is 14.4. The third kappa shape index (κ3) is 3.97. The predicted octanol–water partition coefficient (Wildman–Crippen LogP) is 3.17. The Morgan fingerprint density at radius 3 is 2.62 bits per heavy atom. The van der Waals surface area contributed by atoms with E-state index < -0.39 is 0 Å². The van der Waals surface area contributed by atoms with Crippen molar-refractivity contribution in [1.29, 1.82) is 0 Å². The predicted molar refractivity (Wildman–Crippen MR) is 101 cm³/mol. The molecule has 6 heteroatoms. The molecule has 0 spiro atoms. The second-order valence-corrected chi connectivity index (χ2v) is 5.64. The maximum absolute atomic E-state index is 12.7. The van der Waals surface area contributed by atoms with Crippen LogP contribution < -0.4 is 4.90 Å². The van der Waals surface area contributed by atoms with Crippen LogP contribution in [0.2, 0.25) is 0 Å². The van der Waals surface area contributed by atoms with E-state index in [1.807, 2.05) is 54.6 Å². The molecule has 0 bridgehead atoms. The number of benzene rings is 2. The zero-order chi connectivity index (χ0) is 18.4. The summed E-state index contributed by atoms with van der Waals surface area (Å²) in [5.41, 5.74) is 2.32. The van der Waals surface area contributed by atoms with E-state index in [0.29, 0.717) is 5.69 Å². The van der Waals surface area contributed by atoms with Gasteiger partial charge in [-0.1, -0.05) is 36.4 Å². The molecule has 3 rings (SSSR count). The number of carbonyl (C=O) groups is 2. The van der Waals surface area contributed by atoms with Crippen LogP contribution in [0.25, 0.3) is 17.0 Å². The van der Waals surface area contributed by atoms with Crippen LogP contribution in [0.1, 0.15) is 12.1 Å². The summed E-state index contributed by atoms with van der Waals surface area (Å²) in [6, 6.07) is 16.9. The van der Waals surface area contributed by atoms with Crippen molar-refractivity contribution in [2.45, 2.75) is 6.42 Å². The molecule has 0 aliphatic rings. The average Bonchev–Trinajstić information content (AvgIpc) is 3.10. The lowest BCUT2D eigenvalue weighted by molar-refractivity contribution is -0.140. The number of aromatic amines is 1. The maximum atomic E-state index is 12.7. The Bertz CT molecular complexity index is 932. The van der Waals surface area contributed by atoms with Crippen molar-refractivity contribution in [2.75, 3.05) is 18.6 Å². The van der Waals surface area contributed by atoms with Gasteiger partial charge in [0, 0.05) is 23.7 Å². The Morgan fingerprint density at radius 2 is 1.85 bits per heavy atom. The van der Waals surface area contributed by atoms with Crippen LogP contribution in [0.5, 0.6) is 0 Å². The average molecular weight is 349 g/mol. The lowest BCUT2D eigenvalue weighted by atomic mass is 10.2. The van der Waals surface area contributed by atoms with Gasteiger partial charge in [0.05, 0.1) is 24.7 Å². The van der Waals surface area contributed by atoms with Crippen molar-refractivity contribution in [3.8, 4) is 0 Å². The second kappa shape index (κ2) is 8.11. The fourth-order valence-electron chi connectivity index (χ4n) is 2.63. The molecule has 0 radical (unpaired) electrons. The third-order valence-electron chi connectivity index (χ3n) is 3.98. The van der Waals surface area contributed by atoms with E-state index in [1.54, 1.807) is 11.0 Å². The molecule has 1 amide bonds. The van der Waals surface area contributed by atoms with Crippen LogP contribution in [0.15, 0.2) is 60.7 Å². The molecule has 26 heavy (non-hydrogen) atoms. The van der Waals surface area contributed by atoms with E-state index in [9.17, 15) is 9.59 Å². The van der Waals surface area contributed by atoms with Gasteiger partial charge < -0.3 is 9.64 Å². The second-order valence-electron chi connectivity index (χ2n) is 5.64. The molecular formula is C20H19N3O3. The van der Waals surface area contributed by atoms with Crippen LogP contribution in [-0.4, -0.2) is 35.7 Å². The van der Waals surface area contributed by atoms with E-state index in [0.717, 1.165) is 16.6 Å². The molecule has 0 atom stereocenters. The number of carbonyl (C=O) groups excluding carboxylic acids is 2. The van der Waals surface area contributed by atoms with Gasteiger partial charge in [-0.05, 0) is 24.3 Å². The van der Waals surface area contributed by atoms with Crippen molar-refractivity contribution >= 4 is 34.5 Å². The van der Waals surface area contributed by atoms with Gasteiger partial charge in [0.25, 0.3) is 5.91 Å². The number of amides is 1. The van der Waals surface area contributed by atoms with Gasteiger partial charge in [-0.2, -0.15) is 5.10 Å². The molecule has 0 saturated carbocycles. The number of nitrogens with one attached hydrogen (secondary N) is 1. The highest BCUT2D eigenvalue weighted by molar-refractivity contribution is 6.05. The van der Waals surface area contributed by atoms with E-state index in [-0.39, 0.29) is 24.8 Å². The Balaban J connectivity index is 1.81. The first-order valence-electron chi connectivity index (χ1n) is 8.23. The van der Waals surface area contributed by atoms with Crippen molar-refractivity contribution in [1.82, 2.24) is 10.2 Å². The number of aromatic nitrogens is 2. The monoisotopic (exact) mass is 349 g/mol. The fourth-order valence-corrected chi connectivity index (χ4v) is 2.63.